The number of nitriles is 1. The third-order valence-corrected chi connectivity index (χ3v) is 6.10. The Bertz CT molecular complexity index is 842. The molecule has 118 valence electrons. The van der Waals surface area contributed by atoms with Crippen LogP contribution < -0.4 is 10.6 Å². The van der Waals surface area contributed by atoms with Crippen molar-refractivity contribution in [2.45, 2.75) is 39.5 Å². The molecule has 1 aromatic carbocycles. The summed E-state index contributed by atoms with van der Waals surface area (Å²) in [5, 5.41) is 12.1. The van der Waals surface area contributed by atoms with E-state index in [-0.39, 0.29) is 11.3 Å². The van der Waals surface area contributed by atoms with Crippen LogP contribution in [-0.4, -0.2) is 18.0 Å². The largest absolute Gasteiger partial charge is 0.372 e. The van der Waals surface area contributed by atoms with Gasteiger partial charge in [0, 0.05) is 29.4 Å². The minimum absolute atomic E-state index is 0.0241. The summed E-state index contributed by atoms with van der Waals surface area (Å²) in [6.45, 7) is 6.51. The summed E-state index contributed by atoms with van der Waals surface area (Å²) < 4.78 is 0. The van der Waals surface area contributed by atoms with E-state index in [4.69, 9.17) is 4.99 Å². The lowest BCUT2D eigenvalue weighted by molar-refractivity contribution is 0.113. The Hall–Kier alpha value is -2.08. The van der Waals surface area contributed by atoms with Gasteiger partial charge in [0.25, 0.3) is 0 Å². The van der Waals surface area contributed by atoms with Crippen LogP contribution in [0.4, 0.5) is 0 Å². The van der Waals surface area contributed by atoms with Gasteiger partial charge in [-0.15, -0.1) is 0 Å². The number of para-hydroxylation sites is 1. The molecule has 1 saturated heterocycles. The van der Waals surface area contributed by atoms with Crippen molar-refractivity contribution in [3.63, 3.8) is 0 Å². The third kappa shape index (κ3) is 1.91. The Morgan fingerprint density at radius 3 is 2.96 bits per heavy atom. The molecule has 3 aliphatic heterocycles. The molecule has 2 unspecified atom stereocenters. The molecule has 0 spiro atoms. The fourth-order valence-electron chi connectivity index (χ4n) is 4.77. The summed E-state index contributed by atoms with van der Waals surface area (Å²) in [4.78, 5) is 7.53. The number of piperidine rings is 1. The van der Waals surface area contributed by atoms with Crippen molar-refractivity contribution >= 4 is 5.57 Å². The lowest BCUT2D eigenvalue weighted by Gasteiger charge is -2.50. The fourth-order valence-corrected chi connectivity index (χ4v) is 4.77. The molecule has 1 fully saturated rings. The molecule has 3 aliphatic rings. The molecule has 0 aliphatic carbocycles. The highest BCUT2D eigenvalue weighted by atomic mass is 15.2. The molecule has 2 atom stereocenters. The first-order valence-electron chi connectivity index (χ1n) is 8.78. The van der Waals surface area contributed by atoms with Gasteiger partial charge in [0.2, 0.25) is 0 Å². The predicted octanol–water partition coefficient (Wildman–Crippen LogP) is 2.74. The molecule has 23 heavy (non-hydrogen) atoms. The fraction of sp³-hybridized carbons (Fsp3) is 0.500. The summed E-state index contributed by atoms with van der Waals surface area (Å²) >= 11 is 0. The average molecular weight is 305 g/mol. The standard InChI is InChI=1S/C20H23N3/c1-3-20(14(2)13-21)10-6-11-23-12-9-16-15-7-4-5-8-17(15)22-18(16)19(20)23/h4-5,7-8,14H,3,6,9-12H2,1-2H3. The van der Waals surface area contributed by atoms with Gasteiger partial charge in [-0.3, -0.25) is 0 Å². The Kier molecular flexibility index (Phi) is 3.30. The van der Waals surface area contributed by atoms with E-state index in [1.54, 1.807) is 0 Å². The summed E-state index contributed by atoms with van der Waals surface area (Å²) in [5.41, 5.74) is 3.90. The van der Waals surface area contributed by atoms with E-state index in [0.717, 1.165) is 37.7 Å². The Morgan fingerprint density at radius 1 is 1.35 bits per heavy atom. The van der Waals surface area contributed by atoms with Gasteiger partial charge >= 0.3 is 0 Å². The number of fused-ring (bicyclic) bond motifs is 3. The topological polar surface area (TPSA) is 39.4 Å². The number of nitrogens with zero attached hydrogens (tertiary/aromatic N) is 3. The number of hydrogen-bond donors (Lipinski definition) is 0. The molecule has 0 saturated carbocycles. The zero-order valence-corrected chi connectivity index (χ0v) is 14.0. The maximum absolute atomic E-state index is 9.66. The van der Waals surface area contributed by atoms with Gasteiger partial charge in [-0.05, 0) is 44.2 Å². The van der Waals surface area contributed by atoms with Gasteiger partial charge in [0.05, 0.1) is 23.0 Å². The zero-order valence-electron chi connectivity index (χ0n) is 14.0. The normalized spacial score (nSPS) is 26.8. The van der Waals surface area contributed by atoms with Crippen molar-refractivity contribution in [3.05, 3.63) is 46.2 Å². The second-order valence-electron chi connectivity index (χ2n) is 7.01. The van der Waals surface area contributed by atoms with Gasteiger partial charge in [-0.25, -0.2) is 4.99 Å². The SMILES string of the molecule is CCC1(C(C)C#N)CCCN2CCC3=c4ccccc4=NC3=C21. The van der Waals surface area contributed by atoms with Crippen LogP contribution in [0.5, 0.6) is 0 Å². The number of benzene rings is 1. The second kappa shape index (κ2) is 5.23. The van der Waals surface area contributed by atoms with Gasteiger partial charge in [-0.1, -0.05) is 25.1 Å². The van der Waals surface area contributed by atoms with Crippen molar-refractivity contribution in [2.24, 2.45) is 16.3 Å². The summed E-state index contributed by atoms with van der Waals surface area (Å²) in [5.74, 6) is 0.0241. The van der Waals surface area contributed by atoms with E-state index >= 15 is 0 Å². The predicted molar refractivity (Wildman–Crippen MR) is 90.6 cm³/mol. The Balaban J connectivity index is 2.01. The highest BCUT2D eigenvalue weighted by Gasteiger charge is 2.47. The highest BCUT2D eigenvalue weighted by Crippen LogP contribution is 2.51. The molecule has 0 bridgehead atoms. The molecular weight excluding hydrogens is 282 g/mol. The van der Waals surface area contributed by atoms with Crippen molar-refractivity contribution in [3.8, 4) is 6.07 Å². The van der Waals surface area contributed by atoms with Gasteiger partial charge in [0.15, 0.2) is 0 Å². The molecule has 4 rings (SSSR count). The van der Waals surface area contributed by atoms with Crippen molar-refractivity contribution in [1.82, 2.24) is 4.90 Å². The van der Waals surface area contributed by atoms with Crippen LogP contribution in [0.2, 0.25) is 0 Å². The van der Waals surface area contributed by atoms with E-state index < -0.39 is 0 Å². The third-order valence-electron chi connectivity index (χ3n) is 6.10. The number of allylic oxidation sites excluding steroid dienone is 2. The minimum Gasteiger partial charge on any atom is -0.372 e. The first kappa shape index (κ1) is 14.5. The molecule has 0 amide bonds. The highest BCUT2D eigenvalue weighted by molar-refractivity contribution is 5.69. The Morgan fingerprint density at radius 2 is 2.17 bits per heavy atom. The van der Waals surface area contributed by atoms with E-state index in [2.05, 4.69) is 49.1 Å². The number of rotatable bonds is 2. The minimum atomic E-state index is -0.0421. The quantitative estimate of drug-likeness (QED) is 0.843. The molecule has 0 aromatic heterocycles. The van der Waals surface area contributed by atoms with E-state index in [9.17, 15) is 5.26 Å². The van der Waals surface area contributed by atoms with Crippen LogP contribution in [-0.2, 0) is 0 Å². The summed E-state index contributed by atoms with van der Waals surface area (Å²) in [6, 6.07) is 11.0. The van der Waals surface area contributed by atoms with Crippen LogP contribution in [0.25, 0.3) is 5.57 Å². The molecule has 0 N–H and O–H groups in total. The van der Waals surface area contributed by atoms with Gasteiger partial charge in [0.1, 0.15) is 0 Å². The van der Waals surface area contributed by atoms with Crippen LogP contribution >= 0.6 is 0 Å². The second-order valence-corrected chi connectivity index (χ2v) is 7.01. The monoisotopic (exact) mass is 305 g/mol. The van der Waals surface area contributed by atoms with E-state index in [1.807, 2.05) is 0 Å². The lowest BCUT2D eigenvalue weighted by atomic mass is 9.65. The molecule has 3 nitrogen and oxygen atoms in total. The maximum atomic E-state index is 9.66. The maximum Gasteiger partial charge on any atom is 0.0873 e. The number of hydrogen-bond acceptors (Lipinski definition) is 3. The smallest absolute Gasteiger partial charge is 0.0873 e. The molecule has 3 heterocycles. The van der Waals surface area contributed by atoms with Crippen LogP contribution in [0.3, 0.4) is 0 Å². The van der Waals surface area contributed by atoms with Crippen molar-refractivity contribution in [2.75, 3.05) is 13.1 Å². The van der Waals surface area contributed by atoms with E-state index in [0.29, 0.717) is 0 Å². The van der Waals surface area contributed by atoms with Crippen LogP contribution in [0, 0.1) is 22.7 Å². The average Bonchev–Trinajstić information content (AvgIpc) is 2.99. The molecule has 1 aromatic rings. The molecular formula is C20H23N3. The van der Waals surface area contributed by atoms with Crippen molar-refractivity contribution < 1.29 is 0 Å². The van der Waals surface area contributed by atoms with Gasteiger partial charge in [-0.2, -0.15) is 5.26 Å². The first-order valence-corrected chi connectivity index (χ1v) is 8.78. The summed E-state index contributed by atoms with van der Waals surface area (Å²) in [7, 11) is 0. The zero-order chi connectivity index (χ0) is 16.0. The molecule has 0 radical (unpaired) electrons. The van der Waals surface area contributed by atoms with Crippen LogP contribution in [0.1, 0.15) is 39.5 Å². The van der Waals surface area contributed by atoms with Crippen molar-refractivity contribution in [1.29, 1.82) is 5.26 Å². The van der Waals surface area contributed by atoms with Crippen LogP contribution in [0.15, 0.2) is 40.7 Å². The first-order chi connectivity index (χ1) is 11.2. The van der Waals surface area contributed by atoms with E-state index in [1.165, 1.54) is 28.6 Å². The lowest BCUT2D eigenvalue weighted by Crippen LogP contribution is -2.47. The van der Waals surface area contributed by atoms with Gasteiger partial charge < -0.3 is 4.90 Å². The Labute approximate surface area is 137 Å². The summed E-state index contributed by atoms with van der Waals surface area (Å²) in [6.07, 6.45) is 4.36. The molecule has 3 heteroatoms.